The smallest absolute Gasteiger partial charge is 0.123 e. The molecule has 1 aliphatic rings. The number of benzene rings is 1. The van der Waals surface area contributed by atoms with Gasteiger partial charge in [-0.1, -0.05) is 0 Å². The van der Waals surface area contributed by atoms with Gasteiger partial charge < -0.3 is 10.2 Å². The molecule has 2 unspecified atom stereocenters. The molecule has 1 aromatic carbocycles. The van der Waals surface area contributed by atoms with Crippen LogP contribution < -0.4 is 10.2 Å². The Labute approximate surface area is 109 Å². The van der Waals surface area contributed by atoms with Crippen molar-refractivity contribution < 1.29 is 4.39 Å². The summed E-state index contributed by atoms with van der Waals surface area (Å²) in [7, 11) is 1.92. The Bertz CT molecular complexity index is 405. The lowest BCUT2D eigenvalue weighted by Gasteiger charge is -2.37. The first-order valence-electron chi connectivity index (χ1n) is 6.87. The summed E-state index contributed by atoms with van der Waals surface area (Å²) in [6, 6.07) is 5.89. The molecule has 0 radical (unpaired) electrons. The monoisotopic (exact) mass is 250 g/mol. The topological polar surface area (TPSA) is 15.3 Å². The molecule has 0 aromatic heterocycles. The molecule has 1 fully saturated rings. The third kappa shape index (κ3) is 2.66. The highest BCUT2D eigenvalue weighted by molar-refractivity contribution is 5.56. The van der Waals surface area contributed by atoms with Crippen molar-refractivity contribution in [3.63, 3.8) is 0 Å². The van der Waals surface area contributed by atoms with Crippen molar-refractivity contribution in [3.8, 4) is 0 Å². The number of nitrogens with one attached hydrogen (secondary N) is 1. The third-order valence-electron chi connectivity index (χ3n) is 4.00. The van der Waals surface area contributed by atoms with Crippen molar-refractivity contribution in [2.75, 3.05) is 18.5 Å². The molecule has 0 saturated carbocycles. The molecule has 0 amide bonds. The van der Waals surface area contributed by atoms with Crippen LogP contribution in [0, 0.1) is 5.82 Å². The standard InChI is InChI=1S/C15H23FN2/c1-11-6-4-5-9-18(11)15-8-7-13(16)10-14(15)12(2)17-3/h7-8,10-12,17H,4-6,9H2,1-3H3. The minimum Gasteiger partial charge on any atom is -0.369 e. The maximum absolute atomic E-state index is 13.5. The Morgan fingerprint density at radius 2 is 2.17 bits per heavy atom. The molecule has 0 spiro atoms. The average molecular weight is 250 g/mol. The predicted molar refractivity (Wildman–Crippen MR) is 74.5 cm³/mol. The van der Waals surface area contributed by atoms with Crippen molar-refractivity contribution in [2.45, 2.75) is 45.2 Å². The van der Waals surface area contributed by atoms with E-state index in [1.807, 2.05) is 13.1 Å². The van der Waals surface area contributed by atoms with Crippen molar-refractivity contribution >= 4 is 5.69 Å². The second kappa shape index (κ2) is 5.70. The molecule has 0 aliphatic carbocycles. The van der Waals surface area contributed by atoms with Gasteiger partial charge in [0.25, 0.3) is 0 Å². The van der Waals surface area contributed by atoms with Crippen molar-refractivity contribution in [2.24, 2.45) is 0 Å². The van der Waals surface area contributed by atoms with Gasteiger partial charge in [-0.25, -0.2) is 4.39 Å². The van der Waals surface area contributed by atoms with Gasteiger partial charge in [-0.2, -0.15) is 0 Å². The molecule has 2 nitrogen and oxygen atoms in total. The Morgan fingerprint density at radius 1 is 1.39 bits per heavy atom. The van der Waals surface area contributed by atoms with Crippen LogP contribution in [0.5, 0.6) is 0 Å². The van der Waals surface area contributed by atoms with Crippen LogP contribution in [-0.4, -0.2) is 19.6 Å². The van der Waals surface area contributed by atoms with Gasteiger partial charge in [-0.05, 0) is 63.9 Å². The number of rotatable bonds is 3. The largest absolute Gasteiger partial charge is 0.369 e. The van der Waals surface area contributed by atoms with Crippen molar-refractivity contribution in [1.29, 1.82) is 0 Å². The Morgan fingerprint density at radius 3 is 2.83 bits per heavy atom. The second-order valence-electron chi connectivity index (χ2n) is 5.25. The molecule has 1 N–H and O–H groups in total. The lowest BCUT2D eigenvalue weighted by atomic mass is 9.99. The molecule has 18 heavy (non-hydrogen) atoms. The Kier molecular flexibility index (Phi) is 4.23. The quantitative estimate of drug-likeness (QED) is 0.883. The van der Waals surface area contributed by atoms with E-state index in [2.05, 4.69) is 24.1 Å². The minimum atomic E-state index is -0.152. The van der Waals surface area contributed by atoms with E-state index in [0.717, 1.165) is 12.1 Å². The summed E-state index contributed by atoms with van der Waals surface area (Å²) in [5.74, 6) is -0.152. The van der Waals surface area contributed by atoms with Crippen LogP contribution >= 0.6 is 0 Å². The Hall–Kier alpha value is -1.09. The maximum Gasteiger partial charge on any atom is 0.123 e. The highest BCUT2D eigenvalue weighted by Crippen LogP contribution is 2.31. The van der Waals surface area contributed by atoms with E-state index in [1.165, 1.54) is 24.9 Å². The Balaban J connectivity index is 2.36. The highest BCUT2D eigenvalue weighted by Gasteiger charge is 2.22. The molecular formula is C15H23FN2. The predicted octanol–water partition coefficient (Wildman–Crippen LogP) is 3.48. The molecule has 100 valence electrons. The molecule has 1 heterocycles. The van der Waals surface area contributed by atoms with Gasteiger partial charge in [0.2, 0.25) is 0 Å². The van der Waals surface area contributed by atoms with E-state index >= 15 is 0 Å². The number of hydrogen-bond donors (Lipinski definition) is 1. The molecule has 0 bridgehead atoms. The van der Waals surface area contributed by atoms with E-state index in [9.17, 15) is 4.39 Å². The second-order valence-corrected chi connectivity index (χ2v) is 5.25. The average Bonchev–Trinajstić information content (AvgIpc) is 2.39. The van der Waals surface area contributed by atoms with E-state index in [1.54, 1.807) is 12.1 Å². The summed E-state index contributed by atoms with van der Waals surface area (Å²) >= 11 is 0. The first-order chi connectivity index (χ1) is 8.63. The van der Waals surface area contributed by atoms with Gasteiger partial charge in [-0.3, -0.25) is 0 Å². The van der Waals surface area contributed by atoms with Gasteiger partial charge in [0.05, 0.1) is 0 Å². The van der Waals surface area contributed by atoms with E-state index in [0.29, 0.717) is 6.04 Å². The van der Waals surface area contributed by atoms with E-state index < -0.39 is 0 Å². The zero-order valence-corrected chi connectivity index (χ0v) is 11.5. The summed E-state index contributed by atoms with van der Waals surface area (Å²) in [6.07, 6.45) is 3.76. The summed E-state index contributed by atoms with van der Waals surface area (Å²) in [5, 5.41) is 3.21. The zero-order chi connectivity index (χ0) is 13.1. The molecule has 1 aliphatic heterocycles. The summed E-state index contributed by atoms with van der Waals surface area (Å²) in [6.45, 7) is 5.42. The van der Waals surface area contributed by atoms with Crippen LogP contribution in [0.4, 0.5) is 10.1 Å². The van der Waals surface area contributed by atoms with E-state index in [-0.39, 0.29) is 11.9 Å². The number of piperidine rings is 1. The molecule has 1 aromatic rings. The fraction of sp³-hybridized carbons (Fsp3) is 0.600. The molecule has 1 saturated heterocycles. The van der Waals surface area contributed by atoms with Crippen LogP contribution in [0.2, 0.25) is 0 Å². The first-order valence-corrected chi connectivity index (χ1v) is 6.87. The first kappa shape index (κ1) is 13.3. The number of halogens is 1. The SMILES string of the molecule is CNC(C)c1cc(F)ccc1N1CCCCC1C. The van der Waals surface area contributed by atoms with Gasteiger partial charge in [0, 0.05) is 24.3 Å². The molecule has 2 atom stereocenters. The number of nitrogens with zero attached hydrogens (tertiary/aromatic N) is 1. The molecular weight excluding hydrogens is 227 g/mol. The van der Waals surface area contributed by atoms with Gasteiger partial charge >= 0.3 is 0 Å². The lowest BCUT2D eigenvalue weighted by Crippen LogP contribution is -2.38. The molecule has 3 heteroatoms. The normalized spacial score (nSPS) is 22.0. The highest BCUT2D eigenvalue weighted by atomic mass is 19.1. The van der Waals surface area contributed by atoms with Crippen LogP contribution in [0.3, 0.4) is 0 Å². The van der Waals surface area contributed by atoms with Crippen LogP contribution in [-0.2, 0) is 0 Å². The molecule has 2 rings (SSSR count). The number of anilines is 1. The summed E-state index contributed by atoms with van der Waals surface area (Å²) in [4.78, 5) is 2.42. The van der Waals surface area contributed by atoms with Crippen molar-refractivity contribution in [1.82, 2.24) is 5.32 Å². The summed E-state index contributed by atoms with van der Waals surface area (Å²) < 4.78 is 13.5. The van der Waals surface area contributed by atoms with Crippen LogP contribution in [0.1, 0.15) is 44.7 Å². The minimum absolute atomic E-state index is 0.152. The van der Waals surface area contributed by atoms with Crippen LogP contribution in [0.25, 0.3) is 0 Å². The van der Waals surface area contributed by atoms with Gasteiger partial charge in [0.1, 0.15) is 5.82 Å². The van der Waals surface area contributed by atoms with Crippen molar-refractivity contribution in [3.05, 3.63) is 29.6 Å². The fourth-order valence-corrected chi connectivity index (χ4v) is 2.75. The third-order valence-corrected chi connectivity index (χ3v) is 4.00. The van der Waals surface area contributed by atoms with E-state index in [4.69, 9.17) is 0 Å². The van der Waals surface area contributed by atoms with Gasteiger partial charge in [-0.15, -0.1) is 0 Å². The maximum atomic E-state index is 13.5. The lowest BCUT2D eigenvalue weighted by molar-refractivity contribution is 0.481. The van der Waals surface area contributed by atoms with Crippen LogP contribution in [0.15, 0.2) is 18.2 Å². The van der Waals surface area contributed by atoms with Gasteiger partial charge in [0.15, 0.2) is 0 Å². The fourth-order valence-electron chi connectivity index (χ4n) is 2.75. The number of hydrogen-bond acceptors (Lipinski definition) is 2. The zero-order valence-electron chi connectivity index (χ0n) is 11.5. The summed E-state index contributed by atoms with van der Waals surface area (Å²) in [5.41, 5.74) is 2.25.